The Balaban J connectivity index is 1.36. The number of carbonyl (C=O) groups excluding carboxylic acids is 2. The summed E-state index contributed by atoms with van der Waals surface area (Å²) in [6.07, 6.45) is 14.3. The van der Waals surface area contributed by atoms with Gasteiger partial charge in [-0.1, -0.05) is 89.0 Å². The second-order valence-electron chi connectivity index (χ2n) is 14.2. The maximum atomic E-state index is 12.9. The second kappa shape index (κ2) is 21.7. The molecule has 0 saturated heterocycles. The van der Waals surface area contributed by atoms with Crippen LogP contribution < -0.4 is 14.2 Å². The first-order valence-electron chi connectivity index (χ1n) is 18.7. The van der Waals surface area contributed by atoms with Crippen molar-refractivity contribution in [3.05, 3.63) is 82.4 Å². The van der Waals surface area contributed by atoms with Crippen LogP contribution in [0.2, 0.25) is 0 Å². The first kappa shape index (κ1) is 41.0. The number of nitrogens with zero attached hydrogens (tertiary/aromatic N) is 1. The lowest BCUT2D eigenvalue weighted by Gasteiger charge is -2.19. The summed E-state index contributed by atoms with van der Waals surface area (Å²) in [6.45, 7) is 10.4. The predicted octanol–water partition coefficient (Wildman–Crippen LogP) is 11.5. The molecule has 0 fully saturated rings. The fourth-order valence-corrected chi connectivity index (χ4v) is 5.66. The molecule has 0 aliphatic carbocycles. The van der Waals surface area contributed by atoms with Gasteiger partial charge in [0.15, 0.2) is 5.75 Å². The minimum atomic E-state index is -0.682. The number of ether oxygens (including phenoxy) is 4. The Labute approximate surface area is 304 Å². The van der Waals surface area contributed by atoms with Crippen molar-refractivity contribution >= 4 is 17.6 Å². The predicted molar refractivity (Wildman–Crippen MR) is 202 cm³/mol. The summed E-state index contributed by atoms with van der Waals surface area (Å²) >= 11 is 0. The molecule has 51 heavy (non-hydrogen) atoms. The van der Waals surface area contributed by atoms with E-state index < -0.39 is 16.5 Å². The van der Waals surface area contributed by atoms with E-state index in [-0.39, 0.29) is 29.1 Å². The molecule has 0 spiro atoms. The molecular formula is C42H57NO8. The second-order valence-corrected chi connectivity index (χ2v) is 14.2. The van der Waals surface area contributed by atoms with Gasteiger partial charge in [-0.3, -0.25) is 14.9 Å². The molecule has 0 aromatic heterocycles. The third kappa shape index (κ3) is 16.0. The molecule has 0 saturated carbocycles. The number of rotatable bonds is 23. The smallest absolute Gasteiger partial charge is 0.343 e. The Kier molecular flexibility index (Phi) is 17.5. The highest BCUT2D eigenvalue weighted by Gasteiger charge is 2.22. The normalized spacial score (nSPS) is 11.9. The topological polar surface area (TPSA) is 114 Å². The summed E-state index contributed by atoms with van der Waals surface area (Å²) in [5.41, 5.74) is 1.36. The molecule has 278 valence electrons. The van der Waals surface area contributed by atoms with Crippen LogP contribution in [0.5, 0.6) is 17.2 Å². The molecule has 3 aromatic rings. The van der Waals surface area contributed by atoms with Gasteiger partial charge in [0, 0.05) is 12.5 Å². The van der Waals surface area contributed by atoms with E-state index in [9.17, 15) is 19.7 Å². The van der Waals surface area contributed by atoms with E-state index in [1.165, 1.54) is 37.5 Å². The zero-order valence-electron chi connectivity index (χ0n) is 31.2. The molecular weight excluding hydrogens is 646 g/mol. The average molecular weight is 704 g/mol. The molecule has 9 nitrogen and oxygen atoms in total. The molecule has 0 bridgehead atoms. The van der Waals surface area contributed by atoms with Crippen molar-refractivity contribution in [2.24, 2.45) is 0 Å². The average Bonchev–Trinajstić information content (AvgIpc) is 3.09. The highest BCUT2D eigenvalue weighted by atomic mass is 16.6. The van der Waals surface area contributed by atoms with E-state index in [0.29, 0.717) is 18.8 Å². The van der Waals surface area contributed by atoms with Gasteiger partial charge in [0.25, 0.3) is 0 Å². The van der Waals surface area contributed by atoms with Crippen LogP contribution in [0.3, 0.4) is 0 Å². The largest absolute Gasteiger partial charge is 0.494 e. The SMILES string of the molecule is CCCCCC[C@@H](C)Oc1ccc(C(=O)Oc2ccc(-c3ccc(OCCCCCCCCCCC(=O)OC(C)(C)C)cc3)cc2)cc1[N+](=O)[O-]. The van der Waals surface area contributed by atoms with Crippen molar-refractivity contribution in [2.75, 3.05) is 6.61 Å². The van der Waals surface area contributed by atoms with Crippen molar-refractivity contribution in [3.63, 3.8) is 0 Å². The van der Waals surface area contributed by atoms with Crippen LogP contribution in [-0.2, 0) is 9.53 Å². The first-order valence-corrected chi connectivity index (χ1v) is 18.7. The zero-order chi connectivity index (χ0) is 37.1. The third-order valence-corrected chi connectivity index (χ3v) is 8.40. The number of carbonyl (C=O) groups is 2. The Morgan fingerprint density at radius 2 is 1.31 bits per heavy atom. The Morgan fingerprint density at radius 1 is 0.745 bits per heavy atom. The molecule has 0 unspecified atom stereocenters. The van der Waals surface area contributed by atoms with Crippen molar-refractivity contribution in [2.45, 2.75) is 136 Å². The molecule has 0 radical (unpaired) electrons. The van der Waals surface area contributed by atoms with Gasteiger partial charge in [0.1, 0.15) is 17.1 Å². The lowest BCUT2D eigenvalue weighted by atomic mass is 10.1. The van der Waals surface area contributed by atoms with Crippen molar-refractivity contribution in [1.82, 2.24) is 0 Å². The molecule has 1 atom stereocenters. The van der Waals surface area contributed by atoms with Gasteiger partial charge in [0.05, 0.1) is 23.2 Å². The van der Waals surface area contributed by atoms with E-state index in [0.717, 1.165) is 81.1 Å². The molecule has 0 N–H and O–H groups in total. The van der Waals surface area contributed by atoms with Gasteiger partial charge in [-0.25, -0.2) is 4.79 Å². The van der Waals surface area contributed by atoms with Crippen LogP contribution in [0.15, 0.2) is 66.7 Å². The summed E-state index contributed by atoms with van der Waals surface area (Å²) in [6, 6.07) is 19.2. The number of hydrogen-bond donors (Lipinski definition) is 0. The van der Waals surface area contributed by atoms with Gasteiger partial charge in [-0.15, -0.1) is 0 Å². The molecule has 9 heteroatoms. The summed E-state index contributed by atoms with van der Waals surface area (Å²) in [5.74, 6) is 0.519. The van der Waals surface area contributed by atoms with Gasteiger partial charge >= 0.3 is 17.6 Å². The summed E-state index contributed by atoms with van der Waals surface area (Å²) < 4.78 is 22.7. The lowest BCUT2D eigenvalue weighted by Crippen LogP contribution is -2.23. The number of unbranched alkanes of at least 4 members (excludes halogenated alkanes) is 10. The Morgan fingerprint density at radius 3 is 1.90 bits per heavy atom. The van der Waals surface area contributed by atoms with Crippen LogP contribution in [0, 0.1) is 10.1 Å². The highest BCUT2D eigenvalue weighted by Crippen LogP contribution is 2.31. The molecule has 3 aromatic carbocycles. The number of nitro benzene ring substituents is 1. The van der Waals surface area contributed by atoms with Crippen LogP contribution in [-0.4, -0.2) is 35.2 Å². The fraction of sp³-hybridized carbons (Fsp3) is 0.524. The van der Waals surface area contributed by atoms with Gasteiger partial charge in [0.2, 0.25) is 0 Å². The monoisotopic (exact) mass is 703 g/mol. The third-order valence-electron chi connectivity index (χ3n) is 8.40. The molecule has 0 aliphatic rings. The fourth-order valence-electron chi connectivity index (χ4n) is 5.66. The van der Waals surface area contributed by atoms with Crippen molar-refractivity contribution in [3.8, 4) is 28.4 Å². The Hall–Kier alpha value is -4.40. The van der Waals surface area contributed by atoms with E-state index in [1.54, 1.807) is 12.1 Å². The standard InChI is InChI=1S/C42H57NO8/c1-6-7-8-15-18-32(2)49-39-29-24-35(31-38(39)43(46)47)41(45)50-37-27-22-34(23-28-37)33-20-25-36(26-21-33)48-30-17-14-12-10-9-11-13-16-19-40(44)51-42(3,4)5/h20-29,31-32H,6-19,30H2,1-5H3/t32-/m1/s1. The van der Waals surface area contributed by atoms with E-state index in [4.69, 9.17) is 18.9 Å². The maximum Gasteiger partial charge on any atom is 0.343 e. The summed E-state index contributed by atoms with van der Waals surface area (Å²) in [5, 5.41) is 11.8. The number of nitro groups is 1. The van der Waals surface area contributed by atoms with Crippen LogP contribution >= 0.6 is 0 Å². The molecule has 0 aliphatic heterocycles. The van der Waals surface area contributed by atoms with E-state index in [1.807, 2.05) is 64.1 Å². The highest BCUT2D eigenvalue weighted by molar-refractivity contribution is 5.92. The zero-order valence-corrected chi connectivity index (χ0v) is 31.2. The van der Waals surface area contributed by atoms with Crippen LogP contribution in [0.4, 0.5) is 5.69 Å². The van der Waals surface area contributed by atoms with Gasteiger partial charge < -0.3 is 18.9 Å². The molecule has 0 heterocycles. The maximum absolute atomic E-state index is 12.9. The van der Waals surface area contributed by atoms with Gasteiger partial charge in [-0.05, 0) is 101 Å². The minimum absolute atomic E-state index is 0.0769. The Bertz CT molecular complexity index is 1490. The molecule has 3 rings (SSSR count). The summed E-state index contributed by atoms with van der Waals surface area (Å²) in [7, 11) is 0. The number of esters is 2. The van der Waals surface area contributed by atoms with Crippen LogP contribution in [0.1, 0.15) is 135 Å². The number of benzene rings is 3. The van der Waals surface area contributed by atoms with Crippen molar-refractivity contribution < 1.29 is 33.5 Å². The lowest BCUT2D eigenvalue weighted by molar-refractivity contribution is -0.386. The summed E-state index contributed by atoms with van der Waals surface area (Å²) in [4.78, 5) is 35.8. The minimum Gasteiger partial charge on any atom is -0.494 e. The van der Waals surface area contributed by atoms with E-state index in [2.05, 4.69) is 6.92 Å². The number of hydrogen-bond acceptors (Lipinski definition) is 8. The van der Waals surface area contributed by atoms with E-state index >= 15 is 0 Å². The van der Waals surface area contributed by atoms with Crippen LogP contribution in [0.25, 0.3) is 11.1 Å². The quantitative estimate of drug-likeness (QED) is 0.0315. The first-order chi connectivity index (χ1) is 24.4. The molecule has 0 amide bonds. The van der Waals surface area contributed by atoms with Crippen molar-refractivity contribution in [1.29, 1.82) is 0 Å². The van der Waals surface area contributed by atoms with Gasteiger partial charge in [-0.2, -0.15) is 0 Å².